The highest BCUT2D eigenvalue weighted by Gasteiger charge is 1.96. The Morgan fingerprint density at radius 2 is 2.05 bits per heavy atom. The fourth-order valence-electron chi connectivity index (χ4n) is 1.78. The lowest BCUT2D eigenvalue weighted by molar-refractivity contribution is 0.827. The average Bonchev–Trinajstić information content (AvgIpc) is 2.54. The van der Waals surface area contributed by atoms with Gasteiger partial charge in [-0.3, -0.25) is 4.98 Å². The molecule has 0 aliphatic heterocycles. The average molecular weight is 279 g/mol. The molecule has 0 radical (unpaired) electrons. The van der Waals surface area contributed by atoms with Gasteiger partial charge < -0.3 is 11.1 Å². The molecule has 1 aromatic carbocycles. The molecule has 0 bridgehead atoms. The van der Waals surface area contributed by atoms with Crippen molar-refractivity contribution in [1.82, 2.24) is 10.3 Å². The van der Waals surface area contributed by atoms with Gasteiger partial charge in [0.05, 0.1) is 18.2 Å². The highest BCUT2D eigenvalue weighted by Crippen LogP contribution is 2.04. The van der Waals surface area contributed by atoms with E-state index < -0.39 is 0 Å². The largest absolute Gasteiger partial charge is 0.370 e. The number of pyridine rings is 1. The van der Waals surface area contributed by atoms with Gasteiger partial charge in [-0.1, -0.05) is 18.2 Å². The molecule has 0 amide bonds. The van der Waals surface area contributed by atoms with Crippen LogP contribution in [0, 0.1) is 11.3 Å². The zero-order valence-electron chi connectivity index (χ0n) is 11.7. The fraction of sp³-hybridized carbons (Fsp3) is 0.188. The first-order chi connectivity index (χ1) is 10.3. The van der Waals surface area contributed by atoms with Crippen molar-refractivity contribution >= 4 is 5.96 Å². The lowest BCUT2D eigenvalue weighted by Crippen LogP contribution is -2.33. The summed E-state index contributed by atoms with van der Waals surface area (Å²) in [5, 5.41) is 11.8. The summed E-state index contributed by atoms with van der Waals surface area (Å²) in [6, 6.07) is 15.2. The maximum Gasteiger partial charge on any atom is 0.188 e. The van der Waals surface area contributed by atoms with E-state index >= 15 is 0 Å². The van der Waals surface area contributed by atoms with Crippen LogP contribution in [0.15, 0.2) is 53.7 Å². The van der Waals surface area contributed by atoms with Crippen LogP contribution in [-0.2, 0) is 13.0 Å². The lowest BCUT2D eigenvalue weighted by Gasteiger charge is -2.05. The number of rotatable bonds is 5. The van der Waals surface area contributed by atoms with Gasteiger partial charge in [0.15, 0.2) is 5.96 Å². The van der Waals surface area contributed by atoms with Gasteiger partial charge in [-0.15, -0.1) is 0 Å². The molecule has 1 heterocycles. The van der Waals surface area contributed by atoms with Crippen molar-refractivity contribution in [3.63, 3.8) is 0 Å². The second-order valence-electron chi connectivity index (χ2n) is 4.51. The van der Waals surface area contributed by atoms with Crippen LogP contribution in [-0.4, -0.2) is 17.5 Å². The molecule has 2 rings (SSSR count). The Balaban J connectivity index is 1.77. The third-order valence-electron chi connectivity index (χ3n) is 2.93. The number of guanidine groups is 1. The van der Waals surface area contributed by atoms with E-state index in [9.17, 15) is 0 Å². The van der Waals surface area contributed by atoms with E-state index in [4.69, 9.17) is 11.0 Å². The van der Waals surface area contributed by atoms with Crippen molar-refractivity contribution in [2.45, 2.75) is 13.0 Å². The smallest absolute Gasteiger partial charge is 0.188 e. The molecular formula is C16H17N5. The molecule has 0 fully saturated rings. The number of aliphatic imine (C=N–C) groups is 1. The van der Waals surface area contributed by atoms with E-state index in [1.807, 2.05) is 30.3 Å². The normalized spacial score (nSPS) is 10.9. The van der Waals surface area contributed by atoms with Crippen LogP contribution in [0.25, 0.3) is 0 Å². The second kappa shape index (κ2) is 7.65. The van der Waals surface area contributed by atoms with Crippen molar-refractivity contribution in [2.24, 2.45) is 10.7 Å². The van der Waals surface area contributed by atoms with Gasteiger partial charge in [-0.25, -0.2) is 4.99 Å². The number of nitrogens with one attached hydrogen (secondary N) is 1. The molecule has 1 aromatic heterocycles. The molecule has 106 valence electrons. The van der Waals surface area contributed by atoms with Crippen molar-refractivity contribution in [3.05, 3.63) is 65.5 Å². The quantitative estimate of drug-likeness (QED) is 0.643. The topological polar surface area (TPSA) is 87.1 Å². The molecule has 0 aliphatic carbocycles. The first-order valence-corrected chi connectivity index (χ1v) is 6.70. The minimum Gasteiger partial charge on any atom is -0.370 e. The van der Waals surface area contributed by atoms with Gasteiger partial charge in [-0.05, 0) is 29.8 Å². The van der Waals surface area contributed by atoms with E-state index in [0.717, 1.165) is 17.7 Å². The Labute approximate surface area is 124 Å². The first-order valence-electron chi connectivity index (χ1n) is 6.70. The molecular weight excluding hydrogens is 262 g/mol. The molecule has 5 nitrogen and oxygen atoms in total. The minimum atomic E-state index is 0.412. The monoisotopic (exact) mass is 279 g/mol. The summed E-state index contributed by atoms with van der Waals surface area (Å²) in [7, 11) is 0. The van der Waals surface area contributed by atoms with Gasteiger partial charge in [0.1, 0.15) is 0 Å². The number of aromatic nitrogens is 1. The van der Waals surface area contributed by atoms with Gasteiger partial charge in [-0.2, -0.15) is 5.26 Å². The van der Waals surface area contributed by atoms with Crippen LogP contribution in [0.1, 0.15) is 16.8 Å². The minimum absolute atomic E-state index is 0.412. The Morgan fingerprint density at radius 3 is 2.71 bits per heavy atom. The molecule has 0 atom stereocenters. The van der Waals surface area contributed by atoms with E-state index in [-0.39, 0.29) is 0 Å². The molecule has 2 aromatic rings. The molecule has 5 heteroatoms. The predicted molar refractivity (Wildman–Crippen MR) is 82.4 cm³/mol. The fourth-order valence-corrected chi connectivity index (χ4v) is 1.78. The molecule has 21 heavy (non-hydrogen) atoms. The number of nitriles is 1. The highest BCUT2D eigenvalue weighted by atomic mass is 15.1. The highest BCUT2D eigenvalue weighted by molar-refractivity contribution is 5.77. The summed E-state index contributed by atoms with van der Waals surface area (Å²) in [6.45, 7) is 1.19. The molecule has 3 N–H and O–H groups in total. The summed E-state index contributed by atoms with van der Waals surface area (Å²) in [5.74, 6) is 0.412. The standard InChI is InChI=1S/C16H17N5/c17-11-13-4-6-14(7-5-13)12-21-16(18)20-10-8-15-3-1-2-9-19-15/h1-7,9H,8,10,12H2,(H3,18,20,21). The van der Waals surface area contributed by atoms with Crippen LogP contribution in [0.3, 0.4) is 0 Å². The van der Waals surface area contributed by atoms with Gasteiger partial charge in [0.25, 0.3) is 0 Å². The Kier molecular flexibility index (Phi) is 5.30. The summed E-state index contributed by atoms with van der Waals surface area (Å²) in [6.07, 6.45) is 2.58. The number of benzene rings is 1. The van der Waals surface area contributed by atoms with E-state index in [0.29, 0.717) is 24.6 Å². The number of hydrogen-bond acceptors (Lipinski definition) is 3. The van der Waals surface area contributed by atoms with E-state index in [2.05, 4.69) is 21.4 Å². The lowest BCUT2D eigenvalue weighted by atomic mass is 10.1. The zero-order valence-corrected chi connectivity index (χ0v) is 11.7. The maximum atomic E-state index is 8.73. The zero-order chi connectivity index (χ0) is 14.9. The summed E-state index contributed by atoms with van der Waals surface area (Å²) in [5.41, 5.74) is 8.49. The first kappa shape index (κ1) is 14.5. The molecule has 0 saturated carbocycles. The number of nitrogens with two attached hydrogens (primary N) is 1. The molecule has 0 unspecified atom stereocenters. The maximum absolute atomic E-state index is 8.73. The van der Waals surface area contributed by atoms with Gasteiger partial charge in [0.2, 0.25) is 0 Å². The Bertz CT molecular complexity index is 626. The Hall–Kier alpha value is -2.87. The third-order valence-corrected chi connectivity index (χ3v) is 2.93. The van der Waals surface area contributed by atoms with E-state index in [1.165, 1.54) is 0 Å². The molecule has 0 spiro atoms. The van der Waals surface area contributed by atoms with Crippen LogP contribution in [0.2, 0.25) is 0 Å². The van der Waals surface area contributed by atoms with E-state index in [1.54, 1.807) is 18.3 Å². The van der Waals surface area contributed by atoms with Gasteiger partial charge >= 0.3 is 0 Å². The van der Waals surface area contributed by atoms with Crippen molar-refractivity contribution in [1.29, 1.82) is 5.26 Å². The van der Waals surface area contributed by atoms with Crippen LogP contribution in [0.4, 0.5) is 0 Å². The Morgan fingerprint density at radius 1 is 1.24 bits per heavy atom. The summed E-state index contributed by atoms with van der Waals surface area (Å²) >= 11 is 0. The van der Waals surface area contributed by atoms with Gasteiger partial charge in [0, 0.05) is 24.9 Å². The van der Waals surface area contributed by atoms with Crippen LogP contribution in [0.5, 0.6) is 0 Å². The summed E-state index contributed by atoms with van der Waals surface area (Å²) < 4.78 is 0. The molecule has 0 aliphatic rings. The molecule has 0 saturated heterocycles. The number of nitrogens with zero attached hydrogens (tertiary/aromatic N) is 3. The second-order valence-corrected chi connectivity index (χ2v) is 4.51. The van der Waals surface area contributed by atoms with Crippen molar-refractivity contribution in [2.75, 3.05) is 6.54 Å². The summed E-state index contributed by atoms with van der Waals surface area (Å²) in [4.78, 5) is 8.50. The van der Waals surface area contributed by atoms with Crippen molar-refractivity contribution in [3.8, 4) is 6.07 Å². The van der Waals surface area contributed by atoms with Crippen LogP contribution >= 0.6 is 0 Å². The third kappa shape index (κ3) is 4.96. The van der Waals surface area contributed by atoms with Crippen LogP contribution < -0.4 is 11.1 Å². The SMILES string of the molecule is N#Cc1ccc(CN=C(N)NCCc2ccccn2)cc1. The number of hydrogen-bond donors (Lipinski definition) is 2. The predicted octanol–water partition coefficient (Wildman–Crippen LogP) is 1.60. The van der Waals surface area contributed by atoms with Crippen molar-refractivity contribution < 1.29 is 0 Å².